The third-order valence-corrected chi connectivity index (χ3v) is 15.2. The Labute approximate surface area is 405 Å². The number of carbonyl (C=O) groups is 2. The molecule has 0 aromatic heterocycles. The van der Waals surface area contributed by atoms with Crippen LogP contribution in [0.4, 0.5) is 34.1 Å². The summed E-state index contributed by atoms with van der Waals surface area (Å²) in [6.07, 6.45) is 2.52. The first kappa shape index (κ1) is 42.3. The van der Waals surface area contributed by atoms with Crippen molar-refractivity contribution in [3.8, 4) is 0 Å². The lowest BCUT2D eigenvalue weighted by atomic mass is 9.59. The maximum atomic E-state index is 13.2. The minimum Gasteiger partial charge on any atom is -0.306 e. The van der Waals surface area contributed by atoms with E-state index < -0.39 is 0 Å². The van der Waals surface area contributed by atoms with Crippen molar-refractivity contribution in [2.45, 2.75) is 57.8 Å². The molecule has 0 atom stereocenters. The van der Waals surface area contributed by atoms with Gasteiger partial charge in [0.05, 0.1) is 22.7 Å². The lowest BCUT2D eigenvalue weighted by Gasteiger charge is -2.44. The number of ketones is 2. The van der Waals surface area contributed by atoms with Crippen molar-refractivity contribution in [3.05, 3.63) is 284 Å². The predicted octanol–water partition coefficient (Wildman–Crippen LogP) is 15.5. The maximum Gasteiger partial charge on any atom is 0.193 e. The number of anilines is 6. The third kappa shape index (κ3) is 6.96. The number of hydrogen-bond acceptors (Lipinski definition) is 4. The van der Waals surface area contributed by atoms with Gasteiger partial charge in [0.15, 0.2) is 11.6 Å². The molecule has 0 unspecified atom stereocenters. The van der Waals surface area contributed by atoms with Crippen molar-refractivity contribution in [2.24, 2.45) is 0 Å². The number of benzene rings is 9. The monoisotopic (exact) mass is 892 g/mol. The lowest BCUT2D eigenvalue weighted by molar-refractivity contribution is 0.102. The van der Waals surface area contributed by atoms with Crippen molar-refractivity contribution in [1.82, 2.24) is 0 Å². The highest BCUT2D eigenvalue weighted by molar-refractivity contribution is 6.13. The summed E-state index contributed by atoms with van der Waals surface area (Å²) >= 11 is 0. The van der Waals surface area contributed by atoms with E-state index >= 15 is 0 Å². The Balaban J connectivity index is 0.000000157. The third-order valence-electron chi connectivity index (χ3n) is 15.2. The Bertz CT molecular complexity index is 3480. The van der Waals surface area contributed by atoms with E-state index in [0.29, 0.717) is 0 Å². The fourth-order valence-corrected chi connectivity index (χ4v) is 11.6. The molecule has 9 aromatic rings. The van der Waals surface area contributed by atoms with Crippen molar-refractivity contribution < 1.29 is 9.59 Å². The standard InChI is InChI=1S/C39H28N2O.C26H24O/c42-39(27-11-3-1-4-12-27)30-20-19-28-24-32-26-34(22-21-29(32)23-31(28)25-30)41-37-17-9-7-15-35(37)40(33-13-5-2-6-14-33)36-16-8-10-18-38(36)41;1-25(2)20-11-7-8-12-21(20)26(3,4)23-15-19-17(14-22(23)25)13-16-9-5-6-10-18(16)24(19)27/h1-22,25-26H,23-24H2;5-12,14-15H,13H2,1-4H3. The average Bonchev–Trinajstić information content (AvgIpc) is 3.39. The van der Waals surface area contributed by atoms with Crippen LogP contribution in [0.1, 0.15) is 115 Å². The summed E-state index contributed by atoms with van der Waals surface area (Å²) in [5.74, 6) is 0.244. The zero-order chi connectivity index (χ0) is 47.0. The second-order valence-electron chi connectivity index (χ2n) is 20.0. The zero-order valence-corrected chi connectivity index (χ0v) is 39.5. The Morgan fingerprint density at radius 2 is 0.841 bits per heavy atom. The van der Waals surface area contributed by atoms with E-state index in [2.05, 4.69) is 189 Å². The molecule has 0 spiro atoms. The van der Waals surface area contributed by atoms with E-state index in [0.717, 1.165) is 81.2 Å². The average molecular weight is 893 g/mol. The number of hydrogen-bond donors (Lipinski definition) is 0. The first-order chi connectivity index (χ1) is 33.6. The number of carbonyl (C=O) groups excluding carboxylic acids is 2. The molecular weight excluding hydrogens is 841 g/mol. The van der Waals surface area contributed by atoms with Crippen LogP contribution in [0.5, 0.6) is 0 Å². The summed E-state index contributed by atoms with van der Waals surface area (Å²) < 4.78 is 0. The first-order valence-electron chi connectivity index (χ1n) is 24.1. The fraction of sp³-hybridized carbons (Fsp3) is 0.138. The molecule has 0 N–H and O–H groups in total. The highest BCUT2D eigenvalue weighted by atomic mass is 16.1. The predicted molar refractivity (Wildman–Crippen MR) is 281 cm³/mol. The van der Waals surface area contributed by atoms with E-state index in [4.69, 9.17) is 0 Å². The van der Waals surface area contributed by atoms with E-state index in [9.17, 15) is 9.59 Å². The van der Waals surface area contributed by atoms with Gasteiger partial charge in [-0.15, -0.1) is 0 Å². The van der Waals surface area contributed by atoms with E-state index in [1.54, 1.807) is 0 Å². The minimum absolute atomic E-state index is 0.0729. The van der Waals surface area contributed by atoms with Crippen LogP contribution in [0, 0.1) is 0 Å². The molecule has 0 radical (unpaired) electrons. The fourth-order valence-electron chi connectivity index (χ4n) is 11.6. The van der Waals surface area contributed by atoms with Gasteiger partial charge in [0, 0.05) is 44.5 Å². The van der Waals surface area contributed by atoms with E-state index in [-0.39, 0.29) is 22.4 Å². The van der Waals surface area contributed by atoms with Gasteiger partial charge < -0.3 is 9.80 Å². The molecule has 13 rings (SSSR count). The van der Waals surface area contributed by atoms with Crippen molar-refractivity contribution >= 4 is 45.7 Å². The molecule has 0 saturated heterocycles. The molecule has 69 heavy (non-hydrogen) atoms. The Morgan fingerprint density at radius 1 is 0.362 bits per heavy atom. The van der Waals surface area contributed by atoms with Gasteiger partial charge >= 0.3 is 0 Å². The molecule has 0 amide bonds. The Kier molecular flexibility index (Phi) is 10.00. The zero-order valence-electron chi connectivity index (χ0n) is 39.5. The smallest absolute Gasteiger partial charge is 0.193 e. The summed E-state index contributed by atoms with van der Waals surface area (Å²) in [6.45, 7) is 9.19. The summed E-state index contributed by atoms with van der Waals surface area (Å²) in [4.78, 5) is 31.1. The van der Waals surface area contributed by atoms with Gasteiger partial charge in [-0.2, -0.15) is 0 Å². The summed E-state index contributed by atoms with van der Waals surface area (Å²) in [6, 6.07) is 71.8. The van der Waals surface area contributed by atoms with Gasteiger partial charge in [-0.05, 0) is 136 Å². The van der Waals surface area contributed by atoms with Crippen molar-refractivity contribution in [2.75, 3.05) is 9.80 Å². The molecule has 334 valence electrons. The van der Waals surface area contributed by atoms with Crippen LogP contribution in [0.15, 0.2) is 206 Å². The quantitative estimate of drug-likeness (QED) is 0.165. The van der Waals surface area contributed by atoms with Crippen LogP contribution >= 0.6 is 0 Å². The lowest BCUT2D eigenvalue weighted by Crippen LogP contribution is -2.37. The van der Waals surface area contributed by atoms with Gasteiger partial charge in [-0.3, -0.25) is 9.59 Å². The van der Waals surface area contributed by atoms with Crippen LogP contribution in [0.3, 0.4) is 0 Å². The van der Waals surface area contributed by atoms with Gasteiger partial charge in [-0.1, -0.05) is 173 Å². The molecule has 1 heterocycles. The summed E-state index contributed by atoms with van der Waals surface area (Å²) in [5.41, 5.74) is 22.8. The molecule has 4 aliphatic rings. The largest absolute Gasteiger partial charge is 0.306 e. The van der Waals surface area contributed by atoms with Crippen molar-refractivity contribution in [1.29, 1.82) is 0 Å². The molecule has 0 saturated carbocycles. The maximum absolute atomic E-state index is 13.2. The summed E-state index contributed by atoms with van der Waals surface area (Å²) in [5, 5.41) is 0. The molecule has 9 aromatic carbocycles. The van der Waals surface area contributed by atoms with Gasteiger partial charge in [0.1, 0.15) is 0 Å². The van der Waals surface area contributed by atoms with Gasteiger partial charge in [-0.25, -0.2) is 0 Å². The Morgan fingerprint density at radius 3 is 1.46 bits per heavy atom. The molecule has 0 bridgehead atoms. The van der Waals surface area contributed by atoms with Crippen LogP contribution in [-0.2, 0) is 30.1 Å². The molecule has 3 aliphatic carbocycles. The molecule has 4 nitrogen and oxygen atoms in total. The first-order valence-corrected chi connectivity index (χ1v) is 24.1. The second kappa shape index (κ2) is 16.3. The van der Waals surface area contributed by atoms with Gasteiger partial charge in [0.25, 0.3) is 0 Å². The number of para-hydroxylation sites is 5. The molecular formula is C65H52N2O2. The topological polar surface area (TPSA) is 40.6 Å². The molecule has 1 aliphatic heterocycles. The van der Waals surface area contributed by atoms with Crippen LogP contribution in [0.2, 0.25) is 0 Å². The van der Waals surface area contributed by atoms with Crippen LogP contribution in [0.25, 0.3) is 0 Å². The number of fused-ring (bicyclic) bond motifs is 8. The van der Waals surface area contributed by atoms with Crippen LogP contribution in [-0.4, -0.2) is 11.6 Å². The SMILES string of the molecule is CC1(C)c2ccccc2C(C)(C)c2cc3c(cc21)Cc1ccccc1C3=O.O=C(c1ccccc1)c1ccc2c(c1)Cc1ccc(N3c4ccccc4N(c4ccccc4)c4ccccc43)cc1C2. The highest BCUT2D eigenvalue weighted by Crippen LogP contribution is 2.55. The molecule has 0 fully saturated rings. The summed E-state index contributed by atoms with van der Waals surface area (Å²) in [7, 11) is 0. The highest BCUT2D eigenvalue weighted by Gasteiger charge is 2.43. The van der Waals surface area contributed by atoms with Gasteiger partial charge in [0.2, 0.25) is 0 Å². The second-order valence-corrected chi connectivity index (χ2v) is 20.0. The van der Waals surface area contributed by atoms with Crippen molar-refractivity contribution in [3.63, 3.8) is 0 Å². The number of rotatable bonds is 4. The molecule has 4 heteroatoms. The Hall–Kier alpha value is -8.08. The minimum atomic E-state index is -0.117. The van der Waals surface area contributed by atoms with E-state index in [1.807, 2.05) is 54.6 Å². The van der Waals surface area contributed by atoms with E-state index in [1.165, 1.54) is 50.1 Å². The number of nitrogens with zero attached hydrogens (tertiary/aromatic N) is 2. The normalized spacial score (nSPS) is 15.0. The van der Waals surface area contributed by atoms with Crippen LogP contribution < -0.4 is 9.80 Å².